The molecule has 0 aromatic heterocycles. The van der Waals surface area contributed by atoms with Crippen molar-refractivity contribution in [3.8, 4) is 0 Å². The molecule has 4 rings (SSSR count). The SMILES string of the molecule is CCC/C=C(C)/C(C(=O)OCC)=C(/N)c1cc(NC(=O)c2ccccc2CN2CCN(c3ccc(CC)cc3)CC2)ccc1C. The number of nitrogens with zero attached hydrogens (tertiary/aromatic N) is 2. The van der Waals surface area contributed by atoms with Gasteiger partial charge in [0.15, 0.2) is 0 Å². The molecule has 0 aliphatic carbocycles. The van der Waals surface area contributed by atoms with Crippen LogP contribution in [-0.4, -0.2) is 49.6 Å². The van der Waals surface area contributed by atoms with Gasteiger partial charge in [-0.15, -0.1) is 0 Å². The summed E-state index contributed by atoms with van der Waals surface area (Å²) >= 11 is 0. The zero-order chi connectivity index (χ0) is 32.3. The average Bonchev–Trinajstić information content (AvgIpc) is 3.05. The zero-order valence-corrected chi connectivity index (χ0v) is 27.5. The minimum Gasteiger partial charge on any atom is -0.462 e. The molecule has 0 saturated carbocycles. The van der Waals surface area contributed by atoms with Crippen LogP contribution in [0.25, 0.3) is 5.70 Å². The molecule has 45 heavy (non-hydrogen) atoms. The van der Waals surface area contributed by atoms with Gasteiger partial charge in [0.1, 0.15) is 0 Å². The molecule has 3 aromatic rings. The lowest BCUT2D eigenvalue weighted by Crippen LogP contribution is -2.46. The second-order valence-corrected chi connectivity index (χ2v) is 11.6. The second-order valence-electron chi connectivity index (χ2n) is 11.6. The summed E-state index contributed by atoms with van der Waals surface area (Å²) in [6.45, 7) is 14.6. The topological polar surface area (TPSA) is 87.9 Å². The Morgan fingerprint density at radius 3 is 2.31 bits per heavy atom. The first kappa shape index (κ1) is 33.5. The van der Waals surface area contributed by atoms with Gasteiger partial charge >= 0.3 is 5.97 Å². The summed E-state index contributed by atoms with van der Waals surface area (Å²) < 4.78 is 5.36. The van der Waals surface area contributed by atoms with Crippen LogP contribution in [0.1, 0.15) is 73.1 Å². The molecule has 1 aliphatic rings. The summed E-state index contributed by atoms with van der Waals surface area (Å²) in [7, 11) is 0. The van der Waals surface area contributed by atoms with Crippen molar-refractivity contribution >= 4 is 28.9 Å². The fourth-order valence-electron chi connectivity index (χ4n) is 5.70. The molecule has 0 atom stereocenters. The van der Waals surface area contributed by atoms with Crippen LogP contribution in [0.15, 0.2) is 84.0 Å². The van der Waals surface area contributed by atoms with E-state index in [9.17, 15) is 9.59 Å². The molecule has 7 nitrogen and oxygen atoms in total. The quantitative estimate of drug-likeness (QED) is 0.129. The molecule has 7 heteroatoms. The molecule has 1 fully saturated rings. The number of benzene rings is 3. The highest BCUT2D eigenvalue weighted by Gasteiger charge is 2.22. The first-order valence-corrected chi connectivity index (χ1v) is 16.2. The van der Waals surface area contributed by atoms with Crippen LogP contribution in [0.4, 0.5) is 11.4 Å². The molecule has 1 amide bonds. The number of anilines is 2. The van der Waals surface area contributed by atoms with Gasteiger partial charge in [0.25, 0.3) is 5.91 Å². The van der Waals surface area contributed by atoms with E-state index in [4.69, 9.17) is 10.5 Å². The molecular formula is C38H48N4O3. The number of amides is 1. The van der Waals surface area contributed by atoms with Gasteiger partial charge in [-0.05, 0) is 86.2 Å². The number of nitrogens with two attached hydrogens (primary N) is 1. The van der Waals surface area contributed by atoms with Crippen LogP contribution in [0.3, 0.4) is 0 Å². The third kappa shape index (κ3) is 8.64. The van der Waals surface area contributed by atoms with Crippen molar-refractivity contribution in [2.75, 3.05) is 43.0 Å². The van der Waals surface area contributed by atoms with Crippen molar-refractivity contribution in [1.82, 2.24) is 4.90 Å². The maximum atomic E-state index is 13.6. The molecule has 0 unspecified atom stereocenters. The molecule has 238 valence electrons. The average molecular weight is 609 g/mol. The van der Waals surface area contributed by atoms with E-state index >= 15 is 0 Å². The van der Waals surface area contributed by atoms with Gasteiger partial charge in [0, 0.05) is 55.2 Å². The van der Waals surface area contributed by atoms with Crippen LogP contribution in [0, 0.1) is 6.92 Å². The van der Waals surface area contributed by atoms with Crippen molar-refractivity contribution in [3.05, 3.63) is 112 Å². The number of allylic oxidation sites excluding steroid dienone is 1. The van der Waals surface area contributed by atoms with Crippen LogP contribution >= 0.6 is 0 Å². The number of carbonyl (C=O) groups excluding carboxylic acids is 2. The fraction of sp³-hybridized carbons (Fsp3) is 0.368. The number of rotatable bonds is 12. The predicted molar refractivity (Wildman–Crippen MR) is 185 cm³/mol. The number of nitrogens with one attached hydrogen (secondary N) is 1. The minimum atomic E-state index is -0.446. The largest absolute Gasteiger partial charge is 0.462 e. The van der Waals surface area contributed by atoms with E-state index in [1.165, 1.54) is 11.3 Å². The second kappa shape index (κ2) is 16.1. The Labute approximate surface area is 268 Å². The van der Waals surface area contributed by atoms with E-state index in [0.717, 1.165) is 62.1 Å². The van der Waals surface area contributed by atoms with E-state index in [1.807, 2.05) is 62.4 Å². The van der Waals surface area contributed by atoms with Gasteiger partial charge in [0.2, 0.25) is 0 Å². The van der Waals surface area contributed by atoms with E-state index in [0.29, 0.717) is 34.6 Å². The Hall–Kier alpha value is -4.36. The van der Waals surface area contributed by atoms with Crippen LogP contribution in [0.2, 0.25) is 0 Å². The molecule has 0 spiro atoms. The highest BCUT2D eigenvalue weighted by Crippen LogP contribution is 2.27. The summed E-state index contributed by atoms with van der Waals surface area (Å²) in [6.07, 6.45) is 4.85. The summed E-state index contributed by atoms with van der Waals surface area (Å²) in [4.78, 5) is 31.4. The number of hydrogen-bond acceptors (Lipinski definition) is 6. The number of hydrogen-bond donors (Lipinski definition) is 2. The number of ether oxygens (including phenoxy) is 1. The number of carbonyl (C=O) groups is 2. The summed E-state index contributed by atoms with van der Waals surface area (Å²) in [5, 5.41) is 3.08. The molecule has 3 N–H and O–H groups in total. The van der Waals surface area contributed by atoms with Gasteiger partial charge in [-0.3, -0.25) is 9.69 Å². The van der Waals surface area contributed by atoms with Gasteiger partial charge in [-0.25, -0.2) is 4.79 Å². The minimum absolute atomic E-state index is 0.178. The van der Waals surface area contributed by atoms with Gasteiger partial charge in [-0.2, -0.15) is 0 Å². The molecule has 0 radical (unpaired) electrons. The molecule has 1 saturated heterocycles. The van der Waals surface area contributed by atoms with Gasteiger partial charge in [-0.1, -0.05) is 62.7 Å². The van der Waals surface area contributed by atoms with E-state index in [2.05, 4.69) is 53.2 Å². The van der Waals surface area contributed by atoms with Crippen molar-refractivity contribution in [1.29, 1.82) is 0 Å². The standard InChI is InChI=1S/C38H48N4O3/c1-6-9-12-28(5)35(38(44)45-8-3)36(39)34-25-31(18-15-27(34)4)40-37(43)33-14-11-10-13-30(33)26-41-21-23-42(24-22-41)32-19-16-29(7-2)17-20-32/h10-20,25H,6-9,21-24,26,39H2,1-5H3,(H,40,43)/b28-12+,36-35-. The van der Waals surface area contributed by atoms with Crippen LogP contribution < -0.4 is 16.0 Å². The predicted octanol–water partition coefficient (Wildman–Crippen LogP) is 7.11. The zero-order valence-electron chi connectivity index (χ0n) is 27.5. The summed E-state index contributed by atoms with van der Waals surface area (Å²) in [5.74, 6) is -0.625. The fourth-order valence-corrected chi connectivity index (χ4v) is 5.70. The lowest BCUT2D eigenvalue weighted by molar-refractivity contribution is -0.138. The van der Waals surface area contributed by atoms with E-state index < -0.39 is 5.97 Å². The number of unbranched alkanes of at least 4 members (excludes halogenated alkanes) is 1. The van der Waals surface area contributed by atoms with Crippen molar-refractivity contribution < 1.29 is 14.3 Å². The van der Waals surface area contributed by atoms with Crippen LogP contribution in [0.5, 0.6) is 0 Å². The maximum Gasteiger partial charge on any atom is 0.340 e. The Morgan fingerprint density at radius 1 is 0.933 bits per heavy atom. The van der Waals surface area contributed by atoms with Crippen molar-refractivity contribution in [2.45, 2.75) is 60.4 Å². The molecular weight excluding hydrogens is 560 g/mol. The normalized spacial score (nSPS) is 14.6. The third-order valence-corrected chi connectivity index (χ3v) is 8.41. The Kier molecular flexibility index (Phi) is 12.0. The Bertz CT molecular complexity index is 1530. The smallest absolute Gasteiger partial charge is 0.340 e. The first-order chi connectivity index (χ1) is 21.7. The third-order valence-electron chi connectivity index (χ3n) is 8.41. The lowest BCUT2D eigenvalue weighted by Gasteiger charge is -2.36. The Balaban J connectivity index is 1.50. The molecule has 1 heterocycles. The van der Waals surface area contributed by atoms with Gasteiger partial charge in [0.05, 0.1) is 17.9 Å². The number of esters is 1. The molecule has 3 aromatic carbocycles. The molecule has 0 bridgehead atoms. The van der Waals surface area contributed by atoms with Gasteiger partial charge < -0.3 is 20.7 Å². The number of piperazine rings is 1. The lowest BCUT2D eigenvalue weighted by atomic mass is 9.96. The summed E-state index contributed by atoms with van der Waals surface area (Å²) in [5.41, 5.74) is 14.6. The van der Waals surface area contributed by atoms with E-state index in [-0.39, 0.29) is 12.5 Å². The first-order valence-electron chi connectivity index (χ1n) is 16.2. The van der Waals surface area contributed by atoms with Crippen molar-refractivity contribution in [3.63, 3.8) is 0 Å². The summed E-state index contributed by atoms with van der Waals surface area (Å²) in [6, 6.07) is 22.3. The van der Waals surface area contributed by atoms with Crippen molar-refractivity contribution in [2.24, 2.45) is 5.73 Å². The monoisotopic (exact) mass is 608 g/mol. The Morgan fingerprint density at radius 2 is 1.64 bits per heavy atom. The molecule has 1 aliphatic heterocycles. The number of aryl methyl sites for hydroxylation is 2. The highest BCUT2D eigenvalue weighted by molar-refractivity contribution is 6.06. The highest BCUT2D eigenvalue weighted by atomic mass is 16.5. The maximum absolute atomic E-state index is 13.6. The van der Waals surface area contributed by atoms with E-state index in [1.54, 1.807) is 6.92 Å². The van der Waals surface area contributed by atoms with Crippen LogP contribution in [-0.2, 0) is 22.5 Å².